The second-order valence-corrected chi connectivity index (χ2v) is 7.28. The van der Waals surface area contributed by atoms with Gasteiger partial charge in [-0.2, -0.15) is 0 Å². The molecule has 1 saturated carbocycles. The molecular formula is C22H27N3O2. The van der Waals surface area contributed by atoms with Crippen molar-refractivity contribution < 1.29 is 9.59 Å². The van der Waals surface area contributed by atoms with E-state index in [-0.39, 0.29) is 11.9 Å². The molecule has 5 nitrogen and oxygen atoms in total. The maximum atomic E-state index is 12.2. The van der Waals surface area contributed by atoms with Crippen molar-refractivity contribution in [3.63, 3.8) is 0 Å². The largest absolute Gasteiger partial charge is 0.352 e. The molecule has 27 heavy (non-hydrogen) atoms. The number of hydrogen-bond acceptors (Lipinski definition) is 2. The van der Waals surface area contributed by atoms with E-state index in [0.717, 1.165) is 16.8 Å². The molecule has 3 N–H and O–H groups in total. The zero-order valence-corrected chi connectivity index (χ0v) is 15.8. The number of rotatable bonds is 6. The minimum atomic E-state index is -0.289. The molecule has 2 aromatic rings. The summed E-state index contributed by atoms with van der Waals surface area (Å²) in [5.41, 5.74) is 3.50. The van der Waals surface area contributed by atoms with E-state index in [2.05, 4.69) is 16.0 Å². The van der Waals surface area contributed by atoms with E-state index in [0.29, 0.717) is 24.6 Å². The molecule has 0 radical (unpaired) electrons. The van der Waals surface area contributed by atoms with Gasteiger partial charge in [-0.1, -0.05) is 37.1 Å². The summed E-state index contributed by atoms with van der Waals surface area (Å²) in [7, 11) is 0. The maximum Gasteiger partial charge on any atom is 0.323 e. The van der Waals surface area contributed by atoms with E-state index in [1.807, 2.05) is 55.5 Å². The molecule has 0 bridgehead atoms. The quantitative estimate of drug-likeness (QED) is 0.686. The lowest BCUT2D eigenvalue weighted by Crippen LogP contribution is -2.24. The minimum Gasteiger partial charge on any atom is -0.352 e. The minimum absolute atomic E-state index is 0.109. The van der Waals surface area contributed by atoms with Crippen LogP contribution >= 0.6 is 0 Å². The number of hydrogen-bond donors (Lipinski definition) is 3. The normalized spacial score (nSPS) is 14.0. The number of carbonyl (C=O) groups excluding carboxylic acids is 2. The van der Waals surface area contributed by atoms with Gasteiger partial charge in [-0.3, -0.25) is 4.79 Å². The van der Waals surface area contributed by atoms with Gasteiger partial charge in [0, 0.05) is 24.3 Å². The van der Waals surface area contributed by atoms with Crippen molar-refractivity contribution in [3.8, 4) is 0 Å². The second kappa shape index (κ2) is 9.21. The van der Waals surface area contributed by atoms with Crippen molar-refractivity contribution >= 4 is 23.3 Å². The van der Waals surface area contributed by atoms with Gasteiger partial charge in [0.05, 0.1) is 0 Å². The van der Waals surface area contributed by atoms with Gasteiger partial charge in [-0.05, 0) is 61.1 Å². The van der Waals surface area contributed by atoms with Crippen molar-refractivity contribution in [2.75, 3.05) is 10.6 Å². The van der Waals surface area contributed by atoms with Crippen molar-refractivity contribution in [2.45, 2.75) is 45.6 Å². The first kappa shape index (κ1) is 19.0. The number of urea groups is 1. The van der Waals surface area contributed by atoms with E-state index < -0.39 is 0 Å². The molecule has 1 aliphatic rings. The van der Waals surface area contributed by atoms with Crippen LogP contribution in [0.1, 0.15) is 43.2 Å². The molecule has 5 heteroatoms. The van der Waals surface area contributed by atoms with Gasteiger partial charge in [0.1, 0.15) is 0 Å². The van der Waals surface area contributed by atoms with Gasteiger partial charge in [0.15, 0.2) is 0 Å². The monoisotopic (exact) mass is 365 g/mol. The Morgan fingerprint density at radius 3 is 2.33 bits per heavy atom. The zero-order chi connectivity index (χ0) is 19.1. The SMILES string of the molecule is Cc1cccc(NC(=O)Nc2cccc(CNC(=O)CC3CCCC3)c2)c1. The van der Waals surface area contributed by atoms with Gasteiger partial charge in [0.2, 0.25) is 5.91 Å². The summed E-state index contributed by atoms with van der Waals surface area (Å²) in [6.45, 7) is 2.45. The highest BCUT2D eigenvalue weighted by Crippen LogP contribution is 2.27. The van der Waals surface area contributed by atoms with Crippen molar-refractivity contribution in [3.05, 3.63) is 59.7 Å². The van der Waals surface area contributed by atoms with Gasteiger partial charge in [-0.25, -0.2) is 4.79 Å². The van der Waals surface area contributed by atoms with Crippen LogP contribution in [0.2, 0.25) is 0 Å². The summed E-state index contributed by atoms with van der Waals surface area (Å²) in [5.74, 6) is 0.653. The first-order valence-corrected chi connectivity index (χ1v) is 9.59. The van der Waals surface area contributed by atoms with Crippen LogP contribution in [0.4, 0.5) is 16.2 Å². The van der Waals surface area contributed by atoms with Crippen LogP contribution in [0.15, 0.2) is 48.5 Å². The fourth-order valence-electron chi connectivity index (χ4n) is 3.52. The fraction of sp³-hybridized carbons (Fsp3) is 0.364. The third-order valence-corrected chi connectivity index (χ3v) is 4.90. The molecule has 0 aliphatic heterocycles. The van der Waals surface area contributed by atoms with Crippen molar-refractivity contribution in [2.24, 2.45) is 5.92 Å². The Kier molecular flexibility index (Phi) is 6.47. The van der Waals surface area contributed by atoms with E-state index in [4.69, 9.17) is 0 Å². The average molecular weight is 365 g/mol. The number of carbonyl (C=O) groups is 2. The predicted octanol–water partition coefficient (Wildman–Crippen LogP) is 4.84. The summed E-state index contributed by atoms with van der Waals surface area (Å²) in [5, 5.41) is 8.64. The van der Waals surface area contributed by atoms with Crippen LogP contribution in [0.5, 0.6) is 0 Å². The molecule has 0 spiro atoms. The highest BCUT2D eigenvalue weighted by atomic mass is 16.2. The Morgan fingerprint density at radius 2 is 1.63 bits per heavy atom. The fourth-order valence-corrected chi connectivity index (χ4v) is 3.52. The summed E-state index contributed by atoms with van der Waals surface area (Å²) >= 11 is 0. The number of nitrogens with one attached hydrogen (secondary N) is 3. The number of aryl methyl sites for hydroxylation is 1. The molecule has 3 amide bonds. The third kappa shape index (κ3) is 6.13. The van der Waals surface area contributed by atoms with Crippen LogP contribution in [-0.4, -0.2) is 11.9 Å². The highest BCUT2D eigenvalue weighted by Gasteiger charge is 2.18. The standard InChI is InChI=1S/C22H27N3O2/c1-16-6-4-10-19(12-16)24-22(27)25-20-11-5-9-18(13-20)15-23-21(26)14-17-7-2-3-8-17/h4-6,9-13,17H,2-3,7-8,14-15H2,1H3,(H,23,26)(H2,24,25,27). The van der Waals surface area contributed by atoms with E-state index in [1.54, 1.807) is 0 Å². The van der Waals surface area contributed by atoms with E-state index >= 15 is 0 Å². The van der Waals surface area contributed by atoms with E-state index in [9.17, 15) is 9.59 Å². The van der Waals surface area contributed by atoms with Crippen LogP contribution in [0, 0.1) is 12.8 Å². The smallest absolute Gasteiger partial charge is 0.323 e. The molecule has 0 atom stereocenters. The lowest BCUT2D eigenvalue weighted by atomic mass is 10.0. The van der Waals surface area contributed by atoms with Gasteiger partial charge in [0.25, 0.3) is 0 Å². The van der Waals surface area contributed by atoms with Gasteiger partial charge < -0.3 is 16.0 Å². The third-order valence-electron chi connectivity index (χ3n) is 4.90. The summed E-state index contributed by atoms with van der Waals surface area (Å²) in [4.78, 5) is 24.2. The molecule has 1 fully saturated rings. The first-order chi connectivity index (χ1) is 13.1. The Hall–Kier alpha value is -2.82. The molecule has 142 valence electrons. The molecule has 3 rings (SSSR count). The Labute approximate surface area is 160 Å². The Morgan fingerprint density at radius 1 is 0.963 bits per heavy atom. The van der Waals surface area contributed by atoms with Crippen molar-refractivity contribution in [1.82, 2.24) is 5.32 Å². The first-order valence-electron chi connectivity index (χ1n) is 9.59. The second-order valence-electron chi connectivity index (χ2n) is 7.28. The lowest BCUT2D eigenvalue weighted by Gasteiger charge is -2.11. The predicted molar refractivity (Wildman–Crippen MR) is 109 cm³/mol. The number of anilines is 2. The van der Waals surface area contributed by atoms with Crippen molar-refractivity contribution in [1.29, 1.82) is 0 Å². The van der Waals surface area contributed by atoms with Crippen LogP contribution in [0.25, 0.3) is 0 Å². The topological polar surface area (TPSA) is 70.2 Å². The van der Waals surface area contributed by atoms with Gasteiger partial charge in [-0.15, -0.1) is 0 Å². The van der Waals surface area contributed by atoms with E-state index in [1.165, 1.54) is 25.7 Å². The Balaban J connectivity index is 1.49. The number of amides is 3. The zero-order valence-electron chi connectivity index (χ0n) is 15.8. The highest BCUT2D eigenvalue weighted by molar-refractivity contribution is 5.99. The van der Waals surface area contributed by atoms with Crippen LogP contribution in [-0.2, 0) is 11.3 Å². The molecule has 2 aromatic carbocycles. The van der Waals surface area contributed by atoms with Crippen LogP contribution < -0.4 is 16.0 Å². The molecule has 1 aliphatic carbocycles. The molecule has 0 unspecified atom stereocenters. The molecule has 0 heterocycles. The summed E-state index contributed by atoms with van der Waals surface area (Å²) in [6.07, 6.45) is 5.45. The molecule has 0 saturated heterocycles. The van der Waals surface area contributed by atoms with Gasteiger partial charge >= 0.3 is 6.03 Å². The number of benzene rings is 2. The average Bonchev–Trinajstić information content (AvgIpc) is 3.13. The molecule has 0 aromatic heterocycles. The Bertz CT molecular complexity index is 798. The lowest BCUT2D eigenvalue weighted by molar-refractivity contribution is -0.122. The summed E-state index contributed by atoms with van der Waals surface area (Å²) in [6, 6.07) is 14.9. The molecular weight excluding hydrogens is 338 g/mol. The van der Waals surface area contributed by atoms with Crippen LogP contribution in [0.3, 0.4) is 0 Å². The summed E-state index contributed by atoms with van der Waals surface area (Å²) < 4.78 is 0. The maximum absolute atomic E-state index is 12.2.